The average molecular weight is 360 g/mol. The second-order valence-electron chi connectivity index (χ2n) is 5.76. The van der Waals surface area contributed by atoms with Crippen molar-refractivity contribution in [1.29, 1.82) is 0 Å². The van der Waals surface area contributed by atoms with Crippen LogP contribution in [0.5, 0.6) is 0 Å². The molecule has 0 aliphatic rings. The zero-order valence-electron chi connectivity index (χ0n) is 13.9. The van der Waals surface area contributed by atoms with Crippen LogP contribution in [0.4, 0.5) is 5.69 Å². The van der Waals surface area contributed by atoms with E-state index < -0.39 is 5.91 Å². The monoisotopic (exact) mass is 359 g/mol. The summed E-state index contributed by atoms with van der Waals surface area (Å²) in [6.45, 7) is 4.12. The summed E-state index contributed by atoms with van der Waals surface area (Å²) in [7, 11) is 0. The zero-order chi connectivity index (χ0) is 18.0. The second kappa shape index (κ2) is 7.13. The molecule has 2 aromatic heterocycles. The normalized spacial score (nSPS) is 10.9. The molecule has 0 saturated heterocycles. The molecule has 0 radical (unpaired) electrons. The van der Waals surface area contributed by atoms with Crippen LogP contribution < -0.4 is 5.32 Å². The fourth-order valence-electron chi connectivity index (χ4n) is 2.57. The highest BCUT2D eigenvalue weighted by Crippen LogP contribution is 2.22. The molecular weight excluding hydrogens is 342 g/mol. The van der Waals surface area contributed by atoms with Crippen LogP contribution in [0.1, 0.15) is 33.3 Å². The van der Waals surface area contributed by atoms with E-state index in [9.17, 15) is 9.90 Å². The number of rotatable bonds is 5. The number of nitrogens with one attached hydrogen (secondary N) is 1. The van der Waals surface area contributed by atoms with Gasteiger partial charge in [-0.15, -0.1) is 0 Å². The van der Waals surface area contributed by atoms with Crippen LogP contribution in [-0.2, 0) is 13.2 Å². The Hall–Kier alpha value is -2.57. The van der Waals surface area contributed by atoms with Crippen molar-refractivity contribution in [1.82, 2.24) is 9.78 Å². The molecule has 0 saturated carbocycles. The maximum atomic E-state index is 12.4. The van der Waals surface area contributed by atoms with Gasteiger partial charge in [0, 0.05) is 22.0 Å². The number of carbonyl (C=O) groups excluding carboxylic acids is 1. The fraction of sp³-hybridized carbons (Fsp3) is 0.222. The molecule has 0 atom stereocenters. The van der Waals surface area contributed by atoms with E-state index in [2.05, 4.69) is 10.4 Å². The Kier molecular flexibility index (Phi) is 4.92. The third-order valence-electron chi connectivity index (χ3n) is 3.78. The van der Waals surface area contributed by atoms with Gasteiger partial charge < -0.3 is 14.8 Å². The smallest absolute Gasteiger partial charge is 0.291 e. The van der Waals surface area contributed by atoms with Gasteiger partial charge >= 0.3 is 0 Å². The minimum atomic E-state index is -0.392. The number of nitrogens with zero attached hydrogens (tertiary/aromatic N) is 2. The molecule has 3 rings (SSSR count). The molecule has 0 bridgehead atoms. The van der Waals surface area contributed by atoms with E-state index in [0.29, 0.717) is 28.6 Å². The maximum absolute atomic E-state index is 12.4. The standard InChI is InChI=1S/C18H18ClN3O3/c1-11-7-12(2)22(21-11)9-15-4-6-17(25-15)18(24)20-16-5-3-14(19)8-13(16)10-23/h3-8,23H,9-10H2,1-2H3,(H,20,24). The molecule has 1 aromatic carbocycles. The summed E-state index contributed by atoms with van der Waals surface area (Å²) in [5, 5.41) is 17.0. The fourth-order valence-corrected chi connectivity index (χ4v) is 2.76. The van der Waals surface area contributed by atoms with Crippen molar-refractivity contribution in [2.75, 3.05) is 5.32 Å². The number of amides is 1. The summed E-state index contributed by atoms with van der Waals surface area (Å²) in [4.78, 5) is 12.4. The van der Waals surface area contributed by atoms with Crippen LogP contribution in [-0.4, -0.2) is 20.8 Å². The first-order valence-electron chi connectivity index (χ1n) is 7.76. The molecule has 130 valence electrons. The summed E-state index contributed by atoms with van der Waals surface area (Å²) in [6, 6.07) is 10.2. The van der Waals surface area contributed by atoms with Gasteiger partial charge in [0.15, 0.2) is 5.76 Å². The largest absolute Gasteiger partial charge is 0.454 e. The Morgan fingerprint density at radius 1 is 1.28 bits per heavy atom. The van der Waals surface area contributed by atoms with Gasteiger partial charge in [0.05, 0.1) is 18.8 Å². The molecule has 0 unspecified atom stereocenters. The molecule has 0 aliphatic heterocycles. The molecular formula is C18H18ClN3O3. The lowest BCUT2D eigenvalue weighted by Crippen LogP contribution is -2.12. The van der Waals surface area contributed by atoms with Crippen molar-refractivity contribution >= 4 is 23.2 Å². The number of furan rings is 1. The van der Waals surface area contributed by atoms with Crippen molar-refractivity contribution in [3.63, 3.8) is 0 Å². The maximum Gasteiger partial charge on any atom is 0.291 e. The predicted octanol–water partition coefficient (Wildman–Crippen LogP) is 3.54. The Balaban J connectivity index is 1.74. The van der Waals surface area contributed by atoms with Gasteiger partial charge in [-0.2, -0.15) is 5.10 Å². The summed E-state index contributed by atoms with van der Waals surface area (Å²) < 4.78 is 7.44. The first-order chi connectivity index (χ1) is 12.0. The molecule has 2 heterocycles. The Bertz CT molecular complexity index is 914. The van der Waals surface area contributed by atoms with E-state index in [0.717, 1.165) is 11.4 Å². The van der Waals surface area contributed by atoms with Crippen molar-refractivity contribution in [2.45, 2.75) is 27.0 Å². The number of anilines is 1. The molecule has 0 spiro atoms. The number of carbonyl (C=O) groups is 1. The van der Waals surface area contributed by atoms with E-state index in [-0.39, 0.29) is 12.4 Å². The van der Waals surface area contributed by atoms with Gasteiger partial charge in [0.25, 0.3) is 5.91 Å². The number of halogens is 1. The average Bonchev–Trinajstić information content (AvgIpc) is 3.16. The van der Waals surface area contributed by atoms with Crippen LogP contribution in [0.25, 0.3) is 0 Å². The van der Waals surface area contributed by atoms with Gasteiger partial charge in [-0.1, -0.05) is 11.6 Å². The van der Waals surface area contributed by atoms with Crippen LogP contribution in [0.2, 0.25) is 5.02 Å². The lowest BCUT2D eigenvalue weighted by molar-refractivity contribution is 0.0994. The summed E-state index contributed by atoms with van der Waals surface area (Å²) in [5.41, 5.74) is 2.98. The van der Waals surface area contributed by atoms with Gasteiger partial charge in [-0.25, -0.2) is 0 Å². The van der Waals surface area contributed by atoms with Crippen LogP contribution in [0.3, 0.4) is 0 Å². The first kappa shape index (κ1) is 17.3. The van der Waals surface area contributed by atoms with Crippen LogP contribution >= 0.6 is 11.6 Å². The Morgan fingerprint density at radius 2 is 2.08 bits per heavy atom. The van der Waals surface area contributed by atoms with E-state index in [1.807, 2.05) is 24.6 Å². The third kappa shape index (κ3) is 3.92. The molecule has 3 aromatic rings. The lowest BCUT2D eigenvalue weighted by Gasteiger charge is -2.08. The molecule has 2 N–H and O–H groups in total. The van der Waals surface area contributed by atoms with Crippen molar-refractivity contribution in [3.8, 4) is 0 Å². The molecule has 25 heavy (non-hydrogen) atoms. The predicted molar refractivity (Wildman–Crippen MR) is 94.8 cm³/mol. The van der Waals surface area contributed by atoms with Crippen molar-refractivity contribution < 1.29 is 14.3 Å². The molecule has 1 amide bonds. The van der Waals surface area contributed by atoms with E-state index in [1.54, 1.807) is 30.3 Å². The van der Waals surface area contributed by atoms with Crippen LogP contribution in [0.15, 0.2) is 40.8 Å². The highest BCUT2D eigenvalue weighted by molar-refractivity contribution is 6.30. The highest BCUT2D eigenvalue weighted by atomic mass is 35.5. The number of aliphatic hydroxyl groups is 1. The van der Waals surface area contributed by atoms with E-state index in [4.69, 9.17) is 16.0 Å². The lowest BCUT2D eigenvalue weighted by atomic mass is 10.2. The molecule has 0 fully saturated rings. The first-order valence-corrected chi connectivity index (χ1v) is 8.14. The number of hydrogen-bond acceptors (Lipinski definition) is 4. The minimum absolute atomic E-state index is 0.190. The van der Waals surface area contributed by atoms with Crippen molar-refractivity contribution in [3.05, 3.63) is 69.9 Å². The molecule has 0 aliphatic carbocycles. The summed E-state index contributed by atoms with van der Waals surface area (Å²) >= 11 is 5.89. The minimum Gasteiger partial charge on any atom is -0.454 e. The number of aromatic nitrogens is 2. The molecule has 7 heteroatoms. The van der Waals surface area contributed by atoms with Gasteiger partial charge in [-0.05, 0) is 50.2 Å². The SMILES string of the molecule is Cc1cc(C)n(Cc2ccc(C(=O)Nc3ccc(Cl)cc3CO)o2)n1. The molecule has 6 nitrogen and oxygen atoms in total. The number of aryl methyl sites for hydroxylation is 2. The van der Waals surface area contributed by atoms with E-state index >= 15 is 0 Å². The Labute approximate surface area is 150 Å². The zero-order valence-corrected chi connectivity index (χ0v) is 14.7. The van der Waals surface area contributed by atoms with Crippen molar-refractivity contribution in [2.24, 2.45) is 0 Å². The summed E-state index contributed by atoms with van der Waals surface area (Å²) in [5.74, 6) is 0.432. The third-order valence-corrected chi connectivity index (χ3v) is 4.02. The highest BCUT2D eigenvalue weighted by Gasteiger charge is 2.14. The number of hydrogen-bond donors (Lipinski definition) is 2. The second-order valence-corrected chi connectivity index (χ2v) is 6.20. The quantitative estimate of drug-likeness (QED) is 0.730. The van der Waals surface area contributed by atoms with Gasteiger partial charge in [-0.3, -0.25) is 9.48 Å². The van der Waals surface area contributed by atoms with Gasteiger partial charge in [0.1, 0.15) is 5.76 Å². The summed E-state index contributed by atoms with van der Waals surface area (Å²) in [6.07, 6.45) is 0. The Morgan fingerprint density at radius 3 is 2.76 bits per heavy atom. The van der Waals surface area contributed by atoms with Crippen LogP contribution in [0, 0.1) is 13.8 Å². The van der Waals surface area contributed by atoms with E-state index in [1.165, 1.54) is 0 Å². The number of benzene rings is 1. The van der Waals surface area contributed by atoms with Gasteiger partial charge in [0.2, 0.25) is 0 Å². The number of aliphatic hydroxyl groups excluding tert-OH is 1. The topological polar surface area (TPSA) is 80.3 Å².